The summed E-state index contributed by atoms with van der Waals surface area (Å²) in [5.41, 5.74) is 2.19. The summed E-state index contributed by atoms with van der Waals surface area (Å²) in [7, 11) is 2.79. The number of rotatable bonds is 5. The second-order valence-electron chi connectivity index (χ2n) is 2.86. The van der Waals surface area contributed by atoms with Gasteiger partial charge >= 0.3 is 6.01 Å². The van der Waals surface area contributed by atoms with Crippen LogP contribution in [0.5, 0.6) is 6.01 Å². The Hall–Kier alpha value is -1.77. The van der Waals surface area contributed by atoms with Crippen LogP contribution >= 0.6 is 0 Å². The highest BCUT2D eigenvalue weighted by Gasteiger charge is 2.14. The summed E-state index contributed by atoms with van der Waals surface area (Å²) >= 11 is 0. The molecule has 1 heterocycles. The van der Waals surface area contributed by atoms with Crippen LogP contribution in [-0.2, 0) is 0 Å². The summed E-state index contributed by atoms with van der Waals surface area (Å²) in [6, 6.07) is -0.000865. The van der Waals surface area contributed by atoms with Gasteiger partial charge in [-0.25, -0.2) is 14.6 Å². The first kappa shape index (κ1) is 12.3. The van der Waals surface area contributed by atoms with Crippen LogP contribution in [0.2, 0.25) is 0 Å². The van der Waals surface area contributed by atoms with E-state index >= 15 is 0 Å². The van der Waals surface area contributed by atoms with Crippen LogP contribution in [0, 0.1) is 0 Å². The molecule has 16 heavy (non-hydrogen) atoms. The number of nitrogens with two attached hydrogens (primary N) is 1. The second kappa shape index (κ2) is 5.35. The Morgan fingerprint density at radius 3 is 2.62 bits per heavy atom. The van der Waals surface area contributed by atoms with Gasteiger partial charge in [0, 0.05) is 7.05 Å². The average Bonchev–Trinajstić information content (AvgIpc) is 2.27. The van der Waals surface area contributed by atoms with Crippen molar-refractivity contribution in [2.24, 2.45) is 5.84 Å². The van der Waals surface area contributed by atoms with E-state index in [1.54, 1.807) is 0 Å². The number of hydrogen-bond donors (Lipinski definition) is 2. The third kappa shape index (κ3) is 3.12. The minimum atomic E-state index is -2.48. The fraction of sp³-hybridized carbons (Fsp3) is 0.571. The van der Waals surface area contributed by atoms with E-state index < -0.39 is 13.0 Å². The van der Waals surface area contributed by atoms with Gasteiger partial charge in [0.1, 0.15) is 0 Å². The number of nitrogens with one attached hydrogen (secondary N) is 1. The summed E-state index contributed by atoms with van der Waals surface area (Å²) < 4.78 is 29.1. The molecule has 0 aromatic carbocycles. The number of methoxy groups -OCH3 is 1. The molecular weight excluding hydrogens is 222 g/mol. The van der Waals surface area contributed by atoms with Gasteiger partial charge in [-0.1, -0.05) is 0 Å². The van der Waals surface area contributed by atoms with Gasteiger partial charge in [0.15, 0.2) is 0 Å². The van der Waals surface area contributed by atoms with Gasteiger partial charge < -0.3 is 9.64 Å². The van der Waals surface area contributed by atoms with Gasteiger partial charge in [-0.15, -0.1) is 0 Å². The maximum Gasteiger partial charge on any atom is 0.322 e. The SMILES string of the molecule is COc1nc(NN)nc(N(C)CC(F)F)n1. The zero-order chi connectivity index (χ0) is 12.1. The van der Waals surface area contributed by atoms with Crippen molar-refractivity contribution >= 4 is 11.9 Å². The lowest BCUT2D eigenvalue weighted by Gasteiger charge is -2.16. The predicted molar refractivity (Wildman–Crippen MR) is 53.5 cm³/mol. The fourth-order valence-corrected chi connectivity index (χ4v) is 0.961. The van der Waals surface area contributed by atoms with Gasteiger partial charge in [-0.2, -0.15) is 15.0 Å². The van der Waals surface area contributed by atoms with Crippen LogP contribution in [0.3, 0.4) is 0 Å². The Labute approximate surface area is 90.6 Å². The lowest BCUT2D eigenvalue weighted by Crippen LogP contribution is -2.27. The van der Waals surface area contributed by atoms with Crippen molar-refractivity contribution in [1.82, 2.24) is 15.0 Å². The van der Waals surface area contributed by atoms with E-state index in [0.717, 1.165) is 0 Å². The third-order valence-corrected chi connectivity index (χ3v) is 1.67. The van der Waals surface area contributed by atoms with Gasteiger partial charge in [-0.05, 0) is 0 Å². The summed E-state index contributed by atoms with van der Waals surface area (Å²) in [4.78, 5) is 12.5. The largest absolute Gasteiger partial charge is 0.467 e. The number of hydrazine groups is 1. The summed E-state index contributed by atoms with van der Waals surface area (Å²) in [5.74, 6) is 5.22. The van der Waals surface area contributed by atoms with E-state index in [9.17, 15) is 8.78 Å². The molecule has 1 aromatic rings. The van der Waals surface area contributed by atoms with Crippen LogP contribution in [-0.4, -0.2) is 42.1 Å². The molecule has 0 atom stereocenters. The summed E-state index contributed by atoms with van der Waals surface area (Å²) in [6.45, 7) is -0.489. The van der Waals surface area contributed by atoms with E-state index in [-0.39, 0.29) is 17.9 Å². The molecule has 0 unspecified atom stereocenters. The van der Waals surface area contributed by atoms with Crippen molar-refractivity contribution in [2.45, 2.75) is 6.43 Å². The molecule has 3 N–H and O–H groups in total. The van der Waals surface area contributed by atoms with Gasteiger partial charge in [0.05, 0.1) is 13.7 Å². The molecule has 1 rings (SSSR count). The molecule has 0 saturated heterocycles. The number of halogens is 2. The lowest BCUT2D eigenvalue weighted by atomic mass is 10.6. The second-order valence-corrected chi connectivity index (χ2v) is 2.86. The van der Waals surface area contributed by atoms with Crippen LogP contribution in [0.25, 0.3) is 0 Å². The maximum atomic E-state index is 12.2. The quantitative estimate of drug-likeness (QED) is 0.541. The molecule has 0 aliphatic carbocycles. The Bertz CT molecular complexity index is 327. The van der Waals surface area contributed by atoms with Gasteiger partial charge in [0.2, 0.25) is 11.9 Å². The van der Waals surface area contributed by atoms with Crippen LogP contribution in [0.15, 0.2) is 0 Å². The van der Waals surface area contributed by atoms with E-state index in [0.29, 0.717) is 0 Å². The average molecular weight is 234 g/mol. The lowest BCUT2D eigenvalue weighted by molar-refractivity contribution is 0.156. The Morgan fingerprint density at radius 2 is 2.12 bits per heavy atom. The third-order valence-electron chi connectivity index (χ3n) is 1.67. The molecule has 0 fully saturated rings. The molecule has 7 nitrogen and oxygen atoms in total. The Kier molecular flexibility index (Phi) is 4.11. The first-order chi connectivity index (χ1) is 7.56. The molecule has 0 radical (unpaired) electrons. The van der Waals surface area contributed by atoms with Crippen LogP contribution < -0.4 is 20.9 Å². The topological polar surface area (TPSA) is 89.2 Å². The van der Waals surface area contributed by atoms with Crippen molar-refractivity contribution in [3.8, 4) is 6.01 Å². The number of anilines is 2. The first-order valence-electron chi connectivity index (χ1n) is 4.32. The number of aromatic nitrogens is 3. The number of nitrogens with zero attached hydrogens (tertiary/aromatic N) is 4. The molecular formula is C7H12F2N6O. The highest BCUT2D eigenvalue weighted by Crippen LogP contribution is 2.13. The van der Waals surface area contributed by atoms with E-state index in [4.69, 9.17) is 10.6 Å². The van der Waals surface area contributed by atoms with E-state index in [2.05, 4.69) is 20.4 Å². The molecule has 90 valence electrons. The molecule has 0 saturated carbocycles. The number of hydrogen-bond acceptors (Lipinski definition) is 7. The number of nitrogen functional groups attached to an aromatic ring is 1. The highest BCUT2D eigenvalue weighted by molar-refractivity contribution is 5.36. The van der Waals surface area contributed by atoms with Crippen molar-refractivity contribution in [3.63, 3.8) is 0 Å². The number of ether oxygens (including phenoxy) is 1. The fourth-order valence-electron chi connectivity index (χ4n) is 0.961. The van der Waals surface area contributed by atoms with Gasteiger partial charge in [-0.3, -0.25) is 5.43 Å². The first-order valence-corrected chi connectivity index (χ1v) is 4.32. The zero-order valence-electron chi connectivity index (χ0n) is 8.81. The zero-order valence-corrected chi connectivity index (χ0v) is 8.81. The smallest absolute Gasteiger partial charge is 0.322 e. The van der Waals surface area contributed by atoms with Crippen LogP contribution in [0.4, 0.5) is 20.7 Å². The van der Waals surface area contributed by atoms with E-state index in [1.165, 1.54) is 19.1 Å². The van der Waals surface area contributed by atoms with Crippen molar-refractivity contribution in [1.29, 1.82) is 0 Å². The van der Waals surface area contributed by atoms with Crippen molar-refractivity contribution < 1.29 is 13.5 Å². The normalized spacial score (nSPS) is 10.4. The standard InChI is InChI=1S/C7H12F2N6O/c1-15(3-4(8)9)6-11-5(14-10)12-7(13-6)16-2/h4H,3,10H2,1-2H3,(H,11,12,13,14). The number of alkyl halides is 2. The van der Waals surface area contributed by atoms with Crippen molar-refractivity contribution in [2.75, 3.05) is 31.0 Å². The Balaban J connectivity index is 2.93. The molecule has 0 amide bonds. The van der Waals surface area contributed by atoms with Gasteiger partial charge in [0.25, 0.3) is 6.43 Å². The summed E-state index contributed by atoms with van der Waals surface area (Å²) in [6.07, 6.45) is -2.48. The molecule has 0 aliphatic rings. The van der Waals surface area contributed by atoms with E-state index in [1.807, 2.05) is 0 Å². The minimum absolute atomic E-state index is 0.000865. The molecule has 9 heteroatoms. The molecule has 1 aromatic heterocycles. The molecule has 0 aliphatic heterocycles. The highest BCUT2D eigenvalue weighted by atomic mass is 19.3. The molecule has 0 spiro atoms. The van der Waals surface area contributed by atoms with Crippen LogP contribution in [0.1, 0.15) is 0 Å². The maximum absolute atomic E-state index is 12.2. The minimum Gasteiger partial charge on any atom is -0.467 e. The van der Waals surface area contributed by atoms with Crippen molar-refractivity contribution in [3.05, 3.63) is 0 Å². The predicted octanol–water partition coefficient (Wildman–Crippen LogP) is -0.133. The Morgan fingerprint density at radius 1 is 1.44 bits per heavy atom. The summed E-state index contributed by atoms with van der Waals surface area (Å²) in [5, 5.41) is 0. The molecule has 0 bridgehead atoms. The monoisotopic (exact) mass is 234 g/mol.